The molecule has 3 heterocycles. The second kappa shape index (κ2) is 7.96. The number of nitrogens with zero attached hydrogens (tertiary/aromatic N) is 3. The van der Waals surface area contributed by atoms with Gasteiger partial charge in [-0.1, -0.05) is 0 Å². The predicted octanol–water partition coefficient (Wildman–Crippen LogP) is 3.70. The molecule has 1 aliphatic rings. The van der Waals surface area contributed by atoms with Gasteiger partial charge in [0.05, 0.1) is 24.8 Å². The van der Waals surface area contributed by atoms with Crippen molar-refractivity contribution < 1.29 is 9.47 Å². The molecular weight excluding hydrogens is 340 g/mol. The smallest absolute Gasteiger partial charge is 0.163 e. The monoisotopic (exact) mass is 366 g/mol. The third kappa shape index (κ3) is 3.62. The van der Waals surface area contributed by atoms with E-state index in [9.17, 15) is 0 Å². The summed E-state index contributed by atoms with van der Waals surface area (Å²) in [6.07, 6.45) is 5.45. The summed E-state index contributed by atoms with van der Waals surface area (Å²) in [4.78, 5) is 11.8. The quantitative estimate of drug-likeness (QED) is 0.508. The lowest BCUT2D eigenvalue weighted by molar-refractivity contribution is 0.254. The third-order valence-electron chi connectivity index (χ3n) is 5.14. The van der Waals surface area contributed by atoms with Crippen LogP contribution in [0.15, 0.2) is 30.5 Å². The lowest BCUT2D eigenvalue weighted by Gasteiger charge is -2.16. The van der Waals surface area contributed by atoms with Crippen molar-refractivity contribution in [3.05, 3.63) is 30.5 Å². The molecule has 1 aliphatic heterocycles. The Kier molecular flexibility index (Phi) is 5.25. The van der Waals surface area contributed by atoms with Crippen molar-refractivity contribution in [1.82, 2.24) is 14.9 Å². The zero-order valence-electron chi connectivity index (χ0n) is 16.0. The summed E-state index contributed by atoms with van der Waals surface area (Å²) in [6, 6.07) is 7.88. The molecule has 0 aliphatic carbocycles. The maximum atomic E-state index is 6.05. The van der Waals surface area contributed by atoms with Gasteiger partial charge in [-0.25, -0.2) is 4.98 Å². The number of likely N-dealkylation sites (tertiary alicyclic amines) is 1. The van der Waals surface area contributed by atoms with E-state index in [1.54, 1.807) is 13.3 Å². The van der Waals surface area contributed by atoms with Gasteiger partial charge in [-0.15, -0.1) is 0 Å². The van der Waals surface area contributed by atoms with Crippen LogP contribution < -0.4 is 14.8 Å². The molecule has 0 atom stereocenters. The Labute approximate surface area is 159 Å². The Bertz CT molecular complexity index is 938. The first-order valence-electron chi connectivity index (χ1n) is 9.59. The van der Waals surface area contributed by atoms with Gasteiger partial charge in [-0.2, -0.15) is 0 Å². The molecule has 3 aromatic rings. The number of pyridine rings is 2. The molecule has 4 rings (SSSR count). The summed E-state index contributed by atoms with van der Waals surface area (Å²) in [5, 5.41) is 5.12. The molecule has 142 valence electrons. The van der Waals surface area contributed by atoms with Gasteiger partial charge in [0.1, 0.15) is 5.82 Å². The van der Waals surface area contributed by atoms with Gasteiger partial charge in [-0.05, 0) is 50.6 Å². The third-order valence-corrected chi connectivity index (χ3v) is 5.14. The van der Waals surface area contributed by atoms with Crippen LogP contribution in [-0.4, -0.2) is 55.3 Å². The van der Waals surface area contributed by atoms with Crippen LogP contribution in [0.4, 0.5) is 5.82 Å². The molecule has 1 saturated heterocycles. The van der Waals surface area contributed by atoms with E-state index in [2.05, 4.69) is 15.2 Å². The fourth-order valence-electron chi connectivity index (χ4n) is 3.76. The van der Waals surface area contributed by atoms with Crippen molar-refractivity contribution in [1.29, 1.82) is 0 Å². The summed E-state index contributed by atoms with van der Waals surface area (Å²) in [7, 11) is 3.54. The van der Waals surface area contributed by atoms with E-state index in [1.165, 1.54) is 25.9 Å². The largest absolute Gasteiger partial charge is 0.493 e. The van der Waals surface area contributed by atoms with Crippen molar-refractivity contribution >= 4 is 27.6 Å². The molecule has 2 aromatic heterocycles. The lowest BCUT2D eigenvalue weighted by atomic mass is 10.1. The molecule has 1 fully saturated rings. The second-order valence-corrected chi connectivity index (χ2v) is 6.88. The maximum absolute atomic E-state index is 6.05. The Morgan fingerprint density at radius 3 is 2.78 bits per heavy atom. The first kappa shape index (κ1) is 17.8. The van der Waals surface area contributed by atoms with Gasteiger partial charge in [-0.3, -0.25) is 4.98 Å². The van der Waals surface area contributed by atoms with E-state index in [4.69, 9.17) is 14.5 Å². The molecule has 1 N–H and O–H groups in total. The Morgan fingerprint density at radius 2 is 2.00 bits per heavy atom. The number of fused-ring (bicyclic) bond motifs is 3. The van der Waals surface area contributed by atoms with Crippen LogP contribution in [0, 0.1) is 0 Å². The van der Waals surface area contributed by atoms with E-state index < -0.39 is 0 Å². The van der Waals surface area contributed by atoms with Crippen molar-refractivity contribution in [2.75, 3.05) is 45.7 Å². The highest BCUT2D eigenvalue weighted by atomic mass is 16.5. The summed E-state index contributed by atoms with van der Waals surface area (Å²) in [5.74, 6) is 2.27. The fourth-order valence-corrected chi connectivity index (χ4v) is 3.76. The fraction of sp³-hybridized carbons (Fsp3) is 0.429. The minimum absolute atomic E-state index is 0.670. The van der Waals surface area contributed by atoms with Gasteiger partial charge < -0.3 is 19.7 Å². The number of hydrogen-bond donors (Lipinski definition) is 1. The molecule has 0 spiro atoms. The van der Waals surface area contributed by atoms with E-state index in [-0.39, 0.29) is 0 Å². The van der Waals surface area contributed by atoms with Gasteiger partial charge in [0.25, 0.3) is 0 Å². The van der Waals surface area contributed by atoms with Gasteiger partial charge in [0.2, 0.25) is 0 Å². The minimum Gasteiger partial charge on any atom is -0.493 e. The van der Waals surface area contributed by atoms with Crippen LogP contribution >= 0.6 is 0 Å². The number of methoxy groups -OCH3 is 1. The molecule has 0 saturated carbocycles. The second-order valence-electron chi connectivity index (χ2n) is 6.88. The number of rotatable bonds is 7. The predicted molar refractivity (Wildman–Crippen MR) is 109 cm³/mol. The number of benzene rings is 1. The number of hydrogen-bond acceptors (Lipinski definition) is 6. The Balaban J connectivity index is 1.61. The number of nitrogens with one attached hydrogen (secondary N) is 1. The molecule has 0 bridgehead atoms. The van der Waals surface area contributed by atoms with Crippen molar-refractivity contribution in [3.8, 4) is 11.5 Å². The standard InChI is InChI=1S/C21H26N4O2/c1-22-21-15-7-5-8-23-20(15)16-13-18(26-2)19(14-17(16)24-21)27-12-6-11-25-9-3-4-10-25/h5,7-8,13-14H,3-4,6,9-12H2,1-2H3,(H,22,24). The Morgan fingerprint density at radius 1 is 1.15 bits per heavy atom. The highest BCUT2D eigenvalue weighted by Gasteiger charge is 2.14. The Hall–Kier alpha value is -2.60. The zero-order chi connectivity index (χ0) is 18.6. The highest BCUT2D eigenvalue weighted by molar-refractivity contribution is 6.08. The lowest BCUT2D eigenvalue weighted by Crippen LogP contribution is -2.21. The van der Waals surface area contributed by atoms with Gasteiger partial charge in [0.15, 0.2) is 11.5 Å². The molecule has 6 nitrogen and oxygen atoms in total. The van der Waals surface area contributed by atoms with Gasteiger partial charge in [0, 0.05) is 36.6 Å². The van der Waals surface area contributed by atoms with Crippen molar-refractivity contribution in [2.24, 2.45) is 0 Å². The summed E-state index contributed by atoms with van der Waals surface area (Å²) in [6.45, 7) is 4.20. The molecular formula is C21H26N4O2. The van der Waals surface area contributed by atoms with Crippen molar-refractivity contribution in [3.63, 3.8) is 0 Å². The number of ether oxygens (including phenoxy) is 2. The summed E-state index contributed by atoms with van der Waals surface area (Å²) < 4.78 is 11.6. The van der Waals surface area contributed by atoms with E-state index in [0.29, 0.717) is 6.61 Å². The zero-order valence-corrected chi connectivity index (χ0v) is 16.0. The van der Waals surface area contributed by atoms with Crippen LogP contribution in [0.1, 0.15) is 19.3 Å². The number of aromatic nitrogens is 2. The highest BCUT2D eigenvalue weighted by Crippen LogP contribution is 2.36. The van der Waals surface area contributed by atoms with E-state index in [0.717, 1.165) is 52.1 Å². The molecule has 6 heteroatoms. The van der Waals surface area contributed by atoms with E-state index in [1.807, 2.05) is 31.3 Å². The van der Waals surface area contributed by atoms with Crippen LogP contribution in [0.2, 0.25) is 0 Å². The first-order chi connectivity index (χ1) is 13.3. The van der Waals surface area contributed by atoms with Crippen LogP contribution in [0.25, 0.3) is 21.8 Å². The average Bonchev–Trinajstić information content (AvgIpc) is 3.23. The first-order valence-corrected chi connectivity index (χ1v) is 9.59. The van der Waals surface area contributed by atoms with Gasteiger partial charge >= 0.3 is 0 Å². The summed E-state index contributed by atoms with van der Waals surface area (Å²) in [5.41, 5.74) is 1.76. The van der Waals surface area contributed by atoms with Crippen LogP contribution in [0.3, 0.4) is 0 Å². The molecule has 0 unspecified atom stereocenters. The van der Waals surface area contributed by atoms with Crippen LogP contribution in [0.5, 0.6) is 11.5 Å². The topological polar surface area (TPSA) is 59.5 Å². The molecule has 0 amide bonds. The van der Waals surface area contributed by atoms with Crippen molar-refractivity contribution in [2.45, 2.75) is 19.3 Å². The maximum Gasteiger partial charge on any atom is 0.163 e. The molecule has 1 aromatic carbocycles. The van der Waals surface area contributed by atoms with E-state index >= 15 is 0 Å². The average molecular weight is 366 g/mol. The number of anilines is 1. The normalized spacial score (nSPS) is 14.7. The van der Waals surface area contributed by atoms with Crippen LogP contribution in [-0.2, 0) is 0 Å². The summed E-state index contributed by atoms with van der Waals surface area (Å²) >= 11 is 0. The molecule has 0 radical (unpaired) electrons. The SMILES string of the molecule is CNc1nc2cc(OCCCN3CCCC3)c(OC)cc2c2ncccc12. The minimum atomic E-state index is 0.670. The molecule has 27 heavy (non-hydrogen) atoms.